The molecule has 2 amide bonds. The first kappa shape index (κ1) is 15.2. The van der Waals surface area contributed by atoms with E-state index in [-0.39, 0.29) is 30.0 Å². The average Bonchev–Trinajstić information content (AvgIpc) is 2.54. The molecule has 1 aromatic heterocycles. The summed E-state index contributed by atoms with van der Waals surface area (Å²) >= 11 is 0. The van der Waals surface area contributed by atoms with Gasteiger partial charge in [0, 0.05) is 24.4 Å². The second kappa shape index (κ2) is 6.20. The number of carbonyl (C=O) groups is 2. The van der Waals surface area contributed by atoms with Gasteiger partial charge < -0.3 is 10.6 Å². The van der Waals surface area contributed by atoms with Gasteiger partial charge in [0.05, 0.1) is 11.1 Å². The minimum absolute atomic E-state index is 0.00135. The Morgan fingerprint density at radius 2 is 2.09 bits per heavy atom. The van der Waals surface area contributed by atoms with Crippen LogP contribution in [0.2, 0.25) is 0 Å². The highest BCUT2D eigenvalue weighted by atomic mass is 16.2. The Labute approximate surface area is 132 Å². The molecule has 7 nitrogen and oxygen atoms in total. The lowest BCUT2D eigenvalue weighted by Crippen LogP contribution is -2.49. The molecule has 3 rings (SSSR count). The third-order valence-corrected chi connectivity index (χ3v) is 3.98. The summed E-state index contributed by atoms with van der Waals surface area (Å²) in [4.78, 5) is 35.7. The average molecular weight is 314 g/mol. The number of rotatable bonds is 3. The van der Waals surface area contributed by atoms with Crippen LogP contribution in [0.25, 0.3) is 10.8 Å². The van der Waals surface area contributed by atoms with E-state index < -0.39 is 0 Å². The predicted octanol–water partition coefficient (Wildman–Crippen LogP) is 0.0997. The highest BCUT2D eigenvalue weighted by Gasteiger charge is 2.20. The number of fused-ring (bicyclic) bond motifs is 1. The number of nitrogens with one attached hydrogen (secondary N) is 2. The van der Waals surface area contributed by atoms with Gasteiger partial charge in [-0.05, 0) is 19.4 Å². The van der Waals surface area contributed by atoms with Gasteiger partial charge in [-0.3, -0.25) is 14.4 Å². The van der Waals surface area contributed by atoms with Crippen LogP contribution < -0.4 is 16.2 Å². The van der Waals surface area contributed by atoms with Crippen molar-refractivity contribution < 1.29 is 9.59 Å². The van der Waals surface area contributed by atoms with Gasteiger partial charge in [0.2, 0.25) is 11.8 Å². The van der Waals surface area contributed by atoms with Gasteiger partial charge in [0.25, 0.3) is 5.56 Å². The molecule has 1 atom stereocenters. The number of aryl methyl sites for hydroxylation is 1. The van der Waals surface area contributed by atoms with Gasteiger partial charge >= 0.3 is 0 Å². The number of benzene rings is 1. The Balaban J connectivity index is 1.76. The van der Waals surface area contributed by atoms with Gasteiger partial charge in [-0.1, -0.05) is 18.2 Å². The van der Waals surface area contributed by atoms with E-state index in [1.807, 2.05) is 19.1 Å². The van der Waals surface area contributed by atoms with E-state index in [4.69, 9.17) is 0 Å². The molecule has 1 fully saturated rings. The van der Waals surface area contributed by atoms with E-state index >= 15 is 0 Å². The zero-order valence-electron chi connectivity index (χ0n) is 12.8. The lowest BCUT2D eigenvalue weighted by Gasteiger charge is -2.23. The quantitative estimate of drug-likeness (QED) is 0.840. The van der Waals surface area contributed by atoms with E-state index in [1.165, 1.54) is 4.68 Å². The van der Waals surface area contributed by atoms with E-state index in [0.717, 1.165) is 5.39 Å². The van der Waals surface area contributed by atoms with Crippen LogP contribution in [-0.4, -0.2) is 34.2 Å². The van der Waals surface area contributed by atoms with E-state index in [9.17, 15) is 14.4 Å². The van der Waals surface area contributed by atoms with E-state index in [2.05, 4.69) is 15.7 Å². The topological polar surface area (TPSA) is 93.1 Å². The summed E-state index contributed by atoms with van der Waals surface area (Å²) < 4.78 is 1.19. The van der Waals surface area contributed by atoms with Crippen molar-refractivity contribution >= 4 is 22.6 Å². The van der Waals surface area contributed by atoms with Crippen molar-refractivity contribution in [2.45, 2.75) is 32.4 Å². The van der Waals surface area contributed by atoms with Crippen LogP contribution in [0.15, 0.2) is 29.1 Å². The minimum Gasteiger partial charge on any atom is -0.354 e. The van der Waals surface area contributed by atoms with Crippen molar-refractivity contribution in [2.75, 3.05) is 6.54 Å². The first-order chi connectivity index (χ1) is 11.0. The molecule has 0 radical (unpaired) electrons. The van der Waals surface area contributed by atoms with E-state index in [0.29, 0.717) is 30.5 Å². The fourth-order valence-corrected chi connectivity index (χ4v) is 2.78. The minimum atomic E-state index is -0.282. The van der Waals surface area contributed by atoms with Crippen molar-refractivity contribution in [3.05, 3.63) is 40.3 Å². The molecule has 7 heteroatoms. The molecule has 0 spiro atoms. The van der Waals surface area contributed by atoms with Crippen LogP contribution >= 0.6 is 0 Å². The number of aromatic nitrogens is 2. The first-order valence-electron chi connectivity index (χ1n) is 7.57. The number of piperidine rings is 1. The summed E-state index contributed by atoms with van der Waals surface area (Å²) in [5.74, 6) is -0.283. The van der Waals surface area contributed by atoms with Gasteiger partial charge in [-0.2, -0.15) is 5.10 Å². The van der Waals surface area contributed by atoms with Crippen LogP contribution in [0.4, 0.5) is 0 Å². The normalized spacial score (nSPS) is 17.8. The highest BCUT2D eigenvalue weighted by Crippen LogP contribution is 2.11. The molecule has 0 bridgehead atoms. The molecular weight excluding hydrogens is 296 g/mol. The molecule has 2 N–H and O–H groups in total. The molecule has 1 aliphatic rings. The number of nitrogens with zero attached hydrogens (tertiary/aromatic N) is 2. The Hall–Kier alpha value is -2.70. The third-order valence-electron chi connectivity index (χ3n) is 3.98. The van der Waals surface area contributed by atoms with Crippen molar-refractivity contribution in [3.63, 3.8) is 0 Å². The molecule has 120 valence electrons. The van der Waals surface area contributed by atoms with Crippen LogP contribution in [0, 0.1) is 6.92 Å². The zero-order valence-corrected chi connectivity index (χ0v) is 12.8. The Bertz CT molecular complexity index is 818. The van der Waals surface area contributed by atoms with Gasteiger partial charge in [0.1, 0.15) is 6.54 Å². The van der Waals surface area contributed by atoms with Crippen molar-refractivity contribution in [1.82, 2.24) is 20.4 Å². The van der Waals surface area contributed by atoms with Crippen LogP contribution in [0.1, 0.15) is 18.5 Å². The van der Waals surface area contributed by atoms with E-state index in [1.54, 1.807) is 12.1 Å². The van der Waals surface area contributed by atoms with Crippen molar-refractivity contribution in [2.24, 2.45) is 0 Å². The first-order valence-corrected chi connectivity index (χ1v) is 7.57. The predicted molar refractivity (Wildman–Crippen MR) is 84.9 cm³/mol. The summed E-state index contributed by atoms with van der Waals surface area (Å²) in [5, 5.41) is 11.1. The summed E-state index contributed by atoms with van der Waals surface area (Å²) in [6.45, 7) is 2.10. The molecule has 2 aromatic rings. The summed E-state index contributed by atoms with van der Waals surface area (Å²) in [6.07, 6.45) is 1.01. The molecule has 1 aromatic carbocycles. The fraction of sp³-hybridized carbons (Fsp3) is 0.375. The molecule has 0 saturated carbocycles. The molecule has 1 aliphatic heterocycles. The highest BCUT2D eigenvalue weighted by molar-refractivity contribution is 5.84. The standard InChI is InChI=1S/C16H18N4O3/c1-10-12-4-2-3-5-13(12)16(23)20(19-10)9-15(22)18-11-6-7-14(21)17-8-11/h2-5,11H,6-9H2,1H3,(H,17,21)(H,18,22)/t11-/m0/s1. The lowest BCUT2D eigenvalue weighted by atomic mass is 10.1. The van der Waals surface area contributed by atoms with Crippen molar-refractivity contribution in [3.8, 4) is 0 Å². The molecule has 0 unspecified atom stereocenters. The maximum absolute atomic E-state index is 12.4. The Morgan fingerprint density at radius 1 is 1.35 bits per heavy atom. The number of carbonyl (C=O) groups excluding carboxylic acids is 2. The van der Waals surface area contributed by atoms with Crippen LogP contribution in [0.5, 0.6) is 0 Å². The SMILES string of the molecule is Cc1nn(CC(=O)N[C@H]2CCC(=O)NC2)c(=O)c2ccccc12. The molecule has 23 heavy (non-hydrogen) atoms. The molecule has 1 saturated heterocycles. The monoisotopic (exact) mass is 314 g/mol. The van der Waals surface area contributed by atoms with Crippen LogP contribution in [-0.2, 0) is 16.1 Å². The van der Waals surface area contributed by atoms with Gasteiger partial charge in [-0.25, -0.2) is 4.68 Å². The molecule has 0 aliphatic carbocycles. The second-order valence-electron chi connectivity index (χ2n) is 5.70. The smallest absolute Gasteiger partial charge is 0.275 e. The summed E-state index contributed by atoms with van der Waals surface area (Å²) in [7, 11) is 0. The maximum atomic E-state index is 12.4. The fourth-order valence-electron chi connectivity index (χ4n) is 2.78. The summed E-state index contributed by atoms with van der Waals surface area (Å²) in [6, 6.07) is 7.12. The number of amides is 2. The number of hydrogen-bond acceptors (Lipinski definition) is 4. The van der Waals surface area contributed by atoms with Crippen molar-refractivity contribution in [1.29, 1.82) is 0 Å². The maximum Gasteiger partial charge on any atom is 0.275 e. The number of hydrogen-bond donors (Lipinski definition) is 2. The van der Waals surface area contributed by atoms with Crippen LogP contribution in [0.3, 0.4) is 0 Å². The Morgan fingerprint density at radius 3 is 2.78 bits per heavy atom. The van der Waals surface area contributed by atoms with Gasteiger partial charge in [0.15, 0.2) is 0 Å². The molecular formula is C16H18N4O3. The molecule has 2 heterocycles. The lowest BCUT2D eigenvalue weighted by molar-refractivity contribution is -0.126. The second-order valence-corrected chi connectivity index (χ2v) is 5.70. The summed E-state index contributed by atoms with van der Waals surface area (Å²) in [5.41, 5.74) is 0.427. The zero-order chi connectivity index (χ0) is 16.4. The largest absolute Gasteiger partial charge is 0.354 e. The Kier molecular flexibility index (Phi) is 4.10. The third kappa shape index (κ3) is 3.23. The van der Waals surface area contributed by atoms with Gasteiger partial charge in [-0.15, -0.1) is 0 Å².